The van der Waals surface area contributed by atoms with Crippen LogP contribution in [0, 0.1) is 0 Å². The van der Waals surface area contributed by atoms with E-state index in [0.717, 1.165) is 47.7 Å². The number of nitrogens with one attached hydrogen (secondary N) is 2. The molecule has 0 bridgehead atoms. The average Bonchev–Trinajstić information content (AvgIpc) is 3.15. The molecule has 21 heavy (non-hydrogen) atoms. The number of furan rings is 1. The van der Waals surface area contributed by atoms with Gasteiger partial charge < -0.3 is 14.5 Å². The molecule has 6 nitrogen and oxygen atoms in total. The standard InChI is InChI=1S/C15H18N4O2/c1-20-13-5-2-4-11-8-12(21-15(11)13)9-16-7-3-6-14-17-10-18-19-14/h2,4-5,8,10,16H,3,6-7,9H2,1H3,(H,17,18,19). The number of para-hydroxylation sites is 1. The van der Waals surface area contributed by atoms with Gasteiger partial charge in [0.2, 0.25) is 0 Å². The molecule has 0 saturated heterocycles. The Balaban J connectivity index is 1.51. The SMILES string of the molecule is COc1cccc2cc(CNCCCc3ncn[nH]3)oc12. The predicted octanol–water partition coefficient (Wildman–Crippen LogP) is 2.28. The van der Waals surface area contributed by atoms with Gasteiger partial charge in [0.05, 0.1) is 13.7 Å². The number of methoxy groups -OCH3 is 1. The summed E-state index contributed by atoms with van der Waals surface area (Å²) < 4.78 is 11.1. The summed E-state index contributed by atoms with van der Waals surface area (Å²) in [6, 6.07) is 7.93. The zero-order valence-electron chi connectivity index (χ0n) is 11.9. The molecule has 0 atom stereocenters. The predicted molar refractivity (Wildman–Crippen MR) is 79.2 cm³/mol. The molecule has 0 spiro atoms. The van der Waals surface area contributed by atoms with Crippen molar-refractivity contribution >= 4 is 11.0 Å². The fourth-order valence-electron chi connectivity index (χ4n) is 2.28. The molecule has 6 heteroatoms. The van der Waals surface area contributed by atoms with Crippen molar-refractivity contribution < 1.29 is 9.15 Å². The first kappa shape index (κ1) is 13.6. The first-order chi connectivity index (χ1) is 10.4. The molecule has 0 amide bonds. The van der Waals surface area contributed by atoms with Gasteiger partial charge in [0, 0.05) is 11.8 Å². The molecular formula is C15H18N4O2. The molecule has 0 saturated carbocycles. The number of fused-ring (bicyclic) bond motifs is 1. The zero-order chi connectivity index (χ0) is 14.5. The van der Waals surface area contributed by atoms with Crippen LogP contribution in [0.3, 0.4) is 0 Å². The molecule has 2 aromatic heterocycles. The molecule has 1 aromatic carbocycles. The summed E-state index contributed by atoms with van der Waals surface area (Å²) in [4.78, 5) is 4.09. The van der Waals surface area contributed by atoms with E-state index in [2.05, 4.69) is 20.5 Å². The van der Waals surface area contributed by atoms with Crippen molar-refractivity contribution in [2.24, 2.45) is 0 Å². The van der Waals surface area contributed by atoms with Crippen molar-refractivity contribution in [3.63, 3.8) is 0 Å². The van der Waals surface area contributed by atoms with Crippen molar-refractivity contribution in [1.29, 1.82) is 0 Å². The Hall–Kier alpha value is -2.34. The van der Waals surface area contributed by atoms with E-state index < -0.39 is 0 Å². The lowest BCUT2D eigenvalue weighted by molar-refractivity contribution is 0.406. The maximum absolute atomic E-state index is 5.83. The molecule has 110 valence electrons. The molecule has 3 aromatic rings. The van der Waals surface area contributed by atoms with Gasteiger partial charge in [-0.3, -0.25) is 5.10 Å². The summed E-state index contributed by atoms with van der Waals surface area (Å²) >= 11 is 0. The molecule has 0 aliphatic carbocycles. The number of hydrogen-bond acceptors (Lipinski definition) is 5. The van der Waals surface area contributed by atoms with Crippen LogP contribution in [0.2, 0.25) is 0 Å². The second-order valence-electron chi connectivity index (χ2n) is 4.80. The lowest BCUT2D eigenvalue weighted by Crippen LogP contribution is -2.15. The van der Waals surface area contributed by atoms with Gasteiger partial charge in [-0.2, -0.15) is 5.10 Å². The van der Waals surface area contributed by atoms with Crippen LogP contribution in [0.1, 0.15) is 18.0 Å². The van der Waals surface area contributed by atoms with Gasteiger partial charge in [0.25, 0.3) is 0 Å². The molecule has 0 aliphatic heterocycles. The van der Waals surface area contributed by atoms with Crippen LogP contribution in [-0.4, -0.2) is 28.8 Å². The van der Waals surface area contributed by atoms with Crippen molar-refractivity contribution in [1.82, 2.24) is 20.5 Å². The number of rotatable bonds is 7. The van der Waals surface area contributed by atoms with Gasteiger partial charge in [-0.15, -0.1) is 0 Å². The zero-order valence-corrected chi connectivity index (χ0v) is 11.9. The maximum atomic E-state index is 5.83. The summed E-state index contributed by atoms with van der Waals surface area (Å²) in [5, 5.41) is 11.1. The second-order valence-corrected chi connectivity index (χ2v) is 4.80. The van der Waals surface area contributed by atoms with E-state index in [0.29, 0.717) is 6.54 Å². The number of H-pyrrole nitrogens is 1. The third-order valence-electron chi connectivity index (χ3n) is 3.31. The quantitative estimate of drug-likeness (QED) is 0.652. The molecule has 0 radical (unpaired) electrons. The van der Waals surface area contributed by atoms with E-state index in [1.54, 1.807) is 7.11 Å². The molecule has 0 aliphatic rings. The number of ether oxygens (including phenoxy) is 1. The Morgan fingerprint density at radius 3 is 3.14 bits per heavy atom. The van der Waals surface area contributed by atoms with Gasteiger partial charge >= 0.3 is 0 Å². The van der Waals surface area contributed by atoms with Crippen molar-refractivity contribution in [3.05, 3.63) is 42.2 Å². The molecule has 2 heterocycles. The third-order valence-corrected chi connectivity index (χ3v) is 3.31. The minimum Gasteiger partial charge on any atom is -0.493 e. The highest BCUT2D eigenvalue weighted by atomic mass is 16.5. The number of benzene rings is 1. The Kier molecular flexibility index (Phi) is 4.16. The monoisotopic (exact) mass is 286 g/mol. The van der Waals surface area contributed by atoms with Gasteiger partial charge in [-0.25, -0.2) is 4.98 Å². The number of aryl methyl sites for hydroxylation is 1. The highest BCUT2D eigenvalue weighted by molar-refractivity contribution is 5.83. The Bertz CT molecular complexity index is 691. The van der Waals surface area contributed by atoms with Gasteiger partial charge in [-0.05, 0) is 25.1 Å². The molecule has 0 unspecified atom stereocenters. The summed E-state index contributed by atoms with van der Waals surface area (Å²) in [6.45, 7) is 1.60. The van der Waals surface area contributed by atoms with E-state index in [4.69, 9.17) is 9.15 Å². The molecule has 3 rings (SSSR count). The number of nitrogens with zero attached hydrogens (tertiary/aromatic N) is 2. The summed E-state index contributed by atoms with van der Waals surface area (Å²) in [6.07, 6.45) is 3.42. The lowest BCUT2D eigenvalue weighted by Gasteiger charge is -2.01. The summed E-state index contributed by atoms with van der Waals surface area (Å²) in [5.74, 6) is 2.60. The maximum Gasteiger partial charge on any atom is 0.176 e. The largest absolute Gasteiger partial charge is 0.493 e. The van der Waals surface area contributed by atoms with Crippen molar-refractivity contribution in [3.8, 4) is 5.75 Å². The highest BCUT2D eigenvalue weighted by Gasteiger charge is 2.08. The summed E-state index contributed by atoms with van der Waals surface area (Å²) in [7, 11) is 1.65. The topological polar surface area (TPSA) is 76.0 Å². The van der Waals surface area contributed by atoms with Crippen LogP contribution >= 0.6 is 0 Å². The number of aromatic amines is 1. The van der Waals surface area contributed by atoms with Crippen LogP contribution in [0.4, 0.5) is 0 Å². The van der Waals surface area contributed by atoms with Crippen LogP contribution in [0.15, 0.2) is 35.0 Å². The van der Waals surface area contributed by atoms with Crippen LogP contribution in [-0.2, 0) is 13.0 Å². The van der Waals surface area contributed by atoms with Gasteiger partial charge in [0.15, 0.2) is 11.3 Å². The Labute approximate surface area is 122 Å². The highest BCUT2D eigenvalue weighted by Crippen LogP contribution is 2.28. The second kappa shape index (κ2) is 6.41. The van der Waals surface area contributed by atoms with Gasteiger partial charge in [0.1, 0.15) is 17.9 Å². The fraction of sp³-hybridized carbons (Fsp3) is 0.333. The van der Waals surface area contributed by atoms with E-state index in [9.17, 15) is 0 Å². The first-order valence-corrected chi connectivity index (χ1v) is 6.97. The fourth-order valence-corrected chi connectivity index (χ4v) is 2.28. The number of hydrogen-bond donors (Lipinski definition) is 2. The van der Waals surface area contributed by atoms with E-state index in [1.807, 2.05) is 24.3 Å². The normalized spacial score (nSPS) is 11.1. The van der Waals surface area contributed by atoms with Crippen molar-refractivity contribution in [2.45, 2.75) is 19.4 Å². The Morgan fingerprint density at radius 1 is 1.38 bits per heavy atom. The smallest absolute Gasteiger partial charge is 0.176 e. The summed E-state index contributed by atoms with van der Waals surface area (Å²) in [5.41, 5.74) is 0.804. The van der Waals surface area contributed by atoms with Crippen molar-refractivity contribution in [2.75, 3.05) is 13.7 Å². The third kappa shape index (κ3) is 3.22. The van der Waals surface area contributed by atoms with Gasteiger partial charge in [-0.1, -0.05) is 12.1 Å². The van der Waals surface area contributed by atoms with E-state index in [1.165, 1.54) is 6.33 Å². The number of aromatic nitrogens is 3. The molecule has 2 N–H and O–H groups in total. The Morgan fingerprint density at radius 2 is 2.33 bits per heavy atom. The van der Waals surface area contributed by atoms with E-state index >= 15 is 0 Å². The average molecular weight is 286 g/mol. The van der Waals surface area contributed by atoms with Crippen LogP contribution in [0.5, 0.6) is 5.75 Å². The molecule has 0 fully saturated rings. The molecular weight excluding hydrogens is 268 g/mol. The minimum atomic E-state index is 0.703. The van der Waals surface area contributed by atoms with Crippen LogP contribution in [0.25, 0.3) is 11.0 Å². The van der Waals surface area contributed by atoms with Crippen LogP contribution < -0.4 is 10.1 Å². The van der Waals surface area contributed by atoms with E-state index in [-0.39, 0.29) is 0 Å². The lowest BCUT2D eigenvalue weighted by atomic mass is 10.2. The first-order valence-electron chi connectivity index (χ1n) is 6.97. The minimum absolute atomic E-state index is 0.703.